The number of aromatic nitrogens is 1. The standard InChI is InChI=1S/C39H29N/c1-25-23-27(39-35-15-5-3-11-31(35)32-12-4-6-16-36(32)39)19-21-29(25)30-22-20-28(24-26(30)2)40-37-17-9-7-13-33(37)34-14-8-10-18-38(34)40/h3-24,39H,1-2H3. The largest absolute Gasteiger partial charge is 0.309 e. The van der Waals surface area contributed by atoms with Gasteiger partial charge in [-0.15, -0.1) is 0 Å². The molecule has 7 aromatic rings. The molecule has 0 radical (unpaired) electrons. The minimum Gasteiger partial charge on any atom is -0.309 e. The van der Waals surface area contributed by atoms with Crippen LogP contribution in [0.4, 0.5) is 0 Å². The lowest BCUT2D eigenvalue weighted by atomic mass is 9.86. The van der Waals surface area contributed by atoms with E-state index in [2.05, 4.69) is 152 Å². The van der Waals surface area contributed by atoms with Crippen molar-refractivity contribution >= 4 is 21.8 Å². The molecule has 0 bridgehead atoms. The van der Waals surface area contributed by atoms with E-state index in [1.54, 1.807) is 0 Å². The third kappa shape index (κ3) is 3.34. The van der Waals surface area contributed by atoms with Crippen LogP contribution in [0.1, 0.15) is 33.7 Å². The molecular weight excluding hydrogens is 482 g/mol. The van der Waals surface area contributed by atoms with E-state index in [0.717, 1.165) is 0 Å². The van der Waals surface area contributed by atoms with Crippen LogP contribution in [0.3, 0.4) is 0 Å². The quantitative estimate of drug-likeness (QED) is 0.222. The van der Waals surface area contributed by atoms with Gasteiger partial charge >= 0.3 is 0 Å². The van der Waals surface area contributed by atoms with Gasteiger partial charge in [-0.25, -0.2) is 0 Å². The van der Waals surface area contributed by atoms with Gasteiger partial charge in [0, 0.05) is 22.4 Å². The van der Waals surface area contributed by atoms with Crippen LogP contribution in [0.2, 0.25) is 0 Å². The molecule has 0 spiro atoms. The highest BCUT2D eigenvalue weighted by atomic mass is 15.0. The summed E-state index contributed by atoms with van der Waals surface area (Å²) in [6.45, 7) is 4.50. The monoisotopic (exact) mass is 511 g/mol. The first-order valence-corrected chi connectivity index (χ1v) is 14.1. The number of rotatable bonds is 3. The maximum absolute atomic E-state index is 2.40. The van der Waals surface area contributed by atoms with Gasteiger partial charge in [0.15, 0.2) is 0 Å². The number of nitrogens with zero attached hydrogens (tertiary/aromatic N) is 1. The zero-order valence-electron chi connectivity index (χ0n) is 22.7. The van der Waals surface area contributed by atoms with E-state index >= 15 is 0 Å². The summed E-state index contributed by atoms with van der Waals surface area (Å²) in [5.74, 6) is 0.277. The second-order valence-electron chi connectivity index (χ2n) is 11.1. The molecule has 0 atom stereocenters. The van der Waals surface area contributed by atoms with Crippen LogP contribution in [0.25, 0.3) is 49.7 Å². The molecule has 8 rings (SSSR count). The summed E-state index contributed by atoms with van der Waals surface area (Å²) < 4.78 is 2.40. The van der Waals surface area contributed by atoms with Gasteiger partial charge in [-0.05, 0) is 88.2 Å². The zero-order valence-corrected chi connectivity index (χ0v) is 22.7. The van der Waals surface area contributed by atoms with E-state index < -0.39 is 0 Å². The number of para-hydroxylation sites is 2. The van der Waals surface area contributed by atoms with Crippen LogP contribution in [0, 0.1) is 13.8 Å². The fraction of sp³-hybridized carbons (Fsp3) is 0.0769. The van der Waals surface area contributed by atoms with E-state index in [0.29, 0.717) is 0 Å². The Morgan fingerprint density at radius 2 is 0.950 bits per heavy atom. The molecule has 0 unspecified atom stereocenters. The van der Waals surface area contributed by atoms with E-state index in [-0.39, 0.29) is 5.92 Å². The highest BCUT2D eigenvalue weighted by molar-refractivity contribution is 6.09. The summed E-state index contributed by atoms with van der Waals surface area (Å²) >= 11 is 0. The number of aryl methyl sites for hydroxylation is 2. The second kappa shape index (κ2) is 8.83. The molecule has 1 aliphatic carbocycles. The topological polar surface area (TPSA) is 4.93 Å². The maximum atomic E-state index is 2.40. The molecule has 0 aliphatic heterocycles. The molecule has 0 saturated heterocycles. The van der Waals surface area contributed by atoms with E-state index in [1.165, 1.54) is 77.6 Å². The fourth-order valence-corrected chi connectivity index (χ4v) is 6.97. The van der Waals surface area contributed by atoms with Crippen LogP contribution in [-0.2, 0) is 0 Å². The van der Waals surface area contributed by atoms with Crippen molar-refractivity contribution in [2.75, 3.05) is 0 Å². The van der Waals surface area contributed by atoms with Gasteiger partial charge in [-0.2, -0.15) is 0 Å². The molecule has 0 saturated carbocycles. The Bertz CT molecular complexity index is 1990. The SMILES string of the molecule is Cc1cc(C2c3ccccc3-c3ccccc32)ccc1-c1ccc(-n2c3ccccc3c3ccccc32)cc1C. The third-order valence-corrected chi connectivity index (χ3v) is 8.76. The maximum Gasteiger partial charge on any atom is 0.0541 e. The van der Waals surface area contributed by atoms with E-state index in [9.17, 15) is 0 Å². The molecule has 0 N–H and O–H groups in total. The normalized spacial score (nSPS) is 12.7. The molecule has 1 aliphatic rings. The molecule has 1 heteroatoms. The Morgan fingerprint density at radius 1 is 0.450 bits per heavy atom. The molecular formula is C39H29N. The highest BCUT2D eigenvalue weighted by Crippen LogP contribution is 2.48. The first kappa shape index (κ1) is 23.0. The third-order valence-electron chi connectivity index (χ3n) is 8.76. The number of fused-ring (bicyclic) bond motifs is 6. The number of hydrogen-bond donors (Lipinski definition) is 0. The fourth-order valence-electron chi connectivity index (χ4n) is 6.97. The Balaban J connectivity index is 1.22. The van der Waals surface area contributed by atoms with Crippen molar-refractivity contribution in [2.24, 2.45) is 0 Å². The van der Waals surface area contributed by atoms with Crippen molar-refractivity contribution < 1.29 is 0 Å². The molecule has 1 nitrogen and oxygen atoms in total. The first-order valence-electron chi connectivity index (χ1n) is 14.1. The van der Waals surface area contributed by atoms with Gasteiger partial charge in [0.1, 0.15) is 0 Å². The van der Waals surface area contributed by atoms with Gasteiger partial charge in [0.05, 0.1) is 11.0 Å². The molecule has 6 aromatic carbocycles. The molecule has 0 fully saturated rings. The smallest absolute Gasteiger partial charge is 0.0541 e. The second-order valence-corrected chi connectivity index (χ2v) is 11.1. The predicted octanol–water partition coefficient (Wildman–Crippen LogP) is 10.2. The molecule has 0 amide bonds. The first-order chi connectivity index (χ1) is 19.7. The van der Waals surface area contributed by atoms with Crippen LogP contribution < -0.4 is 0 Å². The number of benzene rings is 6. The summed E-state index contributed by atoms with van der Waals surface area (Å²) in [7, 11) is 0. The summed E-state index contributed by atoms with van der Waals surface area (Å²) in [6, 6.07) is 49.1. The summed E-state index contributed by atoms with van der Waals surface area (Å²) in [5, 5.41) is 2.59. The summed E-state index contributed by atoms with van der Waals surface area (Å²) in [6.07, 6.45) is 0. The van der Waals surface area contributed by atoms with Crippen LogP contribution in [-0.4, -0.2) is 4.57 Å². The van der Waals surface area contributed by atoms with Crippen LogP contribution in [0.5, 0.6) is 0 Å². The van der Waals surface area contributed by atoms with Crippen molar-refractivity contribution in [2.45, 2.75) is 19.8 Å². The van der Waals surface area contributed by atoms with Crippen LogP contribution in [0.15, 0.2) is 133 Å². The molecule has 1 aromatic heterocycles. The molecule has 40 heavy (non-hydrogen) atoms. The Morgan fingerprint density at radius 3 is 1.52 bits per heavy atom. The van der Waals surface area contributed by atoms with Crippen molar-refractivity contribution in [3.8, 4) is 27.9 Å². The van der Waals surface area contributed by atoms with Crippen molar-refractivity contribution in [3.05, 3.63) is 161 Å². The molecule has 1 heterocycles. The zero-order chi connectivity index (χ0) is 26.8. The highest BCUT2D eigenvalue weighted by Gasteiger charge is 2.29. The van der Waals surface area contributed by atoms with Crippen molar-refractivity contribution in [1.82, 2.24) is 4.57 Å². The van der Waals surface area contributed by atoms with Gasteiger partial charge in [-0.3, -0.25) is 0 Å². The van der Waals surface area contributed by atoms with Gasteiger partial charge < -0.3 is 4.57 Å². The minimum absolute atomic E-state index is 0.277. The van der Waals surface area contributed by atoms with Gasteiger partial charge in [0.2, 0.25) is 0 Å². The average molecular weight is 512 g/mol. The van der Waals surface area contributed by atoms with Crippen LogP contribution >= 0.6 is 0 Å². The van der Waals surface area contributed by atoms with Crippen molar-refractivity contribution in [3.63, 3.8) is 0 Å². The minimum atomic E-state index is 0.277. The van der Waals surface area contributed by atoms with E-state index in [1.807, 2.05) is 0 Å². The Labute approximate surface area is 235 Å². The number of hydrogen-bond acceptors (Lipinski definition) is 0. The lowest BCUT2D eigenvalue weighted by Gasteiger charge is -2.18. The van der Waals surface area contributed by atoms with Crippen molar-refractivity contribution in [1.29, 1.82) is 0 Å². The average Bonchev–Trinajstić information content (AvgIpc) is 3.51. The van der Waals surface area contributed by atoms with Gasteiger partial charge in [0.25, 0.3) is 0 Å². The Kier molecular flexibility index (Phi) is 5.09. The van der Waals surface area contributed by atoms with E-state index in [4.69, 9.17) is 0 Å². The lowest BCUT2D eigenvalue weighted by molar-refractivity contribution is 1.01. The molecule has 190 valence electrons. The summed E-state index contributed by atoms with van der Waals surface area (Å²) in [4.78, 5) is 0. The summed E-state index contributed by atoms with van der Waals surface area (Å²) in [5.41, 5.74) is 15.8. The Hall–Kier alpha value is -4.88. The predicted molar refractivity (Wildman–Crippen MR) is 169 cm³/mol. The van der Waals surface area contributed by atoms with Gasteiger partial charge in [-0.1, -0.05) is 109 Å². The lowest BCUT2D eigenvalue weighted by Crippen LogP contribution is -2.01.